The predicted octanol–water partition coefficient (Wildman–Crippen LogP) is 2.69. The van der Waals surface area contributed by atoms with Crippen LogP contribution in [0.25, 0.3) is 5.69 Å². The molecule has 2 heterocycles. The van der Waals surface area contributed by atoms with E-state index in [0.29, 0.717) is 12.2 Å². The van der Waals surface area contributed by atoms with E-state index in [2.05, 4.69) is 15.9 Å². The topological polar surface area (TPSA) is 64.2 Å². The highest BCUT2D eigenvalue weighted by atomic mass is 79.9. The summed E-state index contributed by atoms with van der Waals surface area (Å²) in [6.07, 6.45) is 5.07. The molecule has 1 aliphatic heterocycles. The molecule has 2 aliphatic rings. The maximum Gasteiger partial charge on any atom is 0.274 e. The van der Waals surface area contributed by atoms with Gasteiger partial charge in [-0.25, -0.2) is 4.68 Å². The molecule has 24 heavy (non-hydrogen) atoms. The third-order valence-corrected chi connectivity index (χ3v) is 5.49. The average Bonchev–Trinajstić information content (AvgIpc) is 3.19. The largest absolute Gasteiger partial charge is 0.336 e. The highest BCUT2D eigenvalue weighted by molar-refractivity contribution is 9.10. The standard InChI is InChI=1S/C18H21BrN4O/c19-12-5-7-14(8-6-12)23-16-4-2-1-3-15(16)17(21-23)18(24)22-10-9-13(20)11-22/h5-8,13H,1-4,9-11,20H2/t13-/m1/s1. The van der Waals surface area contributed by atoms with E-state index < -0.39 is 0 Å². The molecule has 1 aromatic carbocycles. The monoisotopic (exact) mass is 388 g/mol. The molecule has 1 amide bonds. The second kappa shape index (κ2) is 6.33. The molecule has 0 bridgehead atoms. The third kappa shape index (κ3) is 2.78. The third-order valence-electron chi connectivity index (χ3n) is 4.97. The summed E-state index contributed by atoms with van der Waals surface area (Å²) in [7, 11) is 0. The number of benzene rings is 1. The number of halogens is 1. The zero-order chi connectivity index (χ0) is 16.7. The number of nitrogens with zero attached hydrogens (tertiary/aromatic N) is 3. The number of carbonyl (C=O) groups is 1. The second-order valence-electron chi connectivity index (χ2n) is 6.67. The van der Waals surface area contributed by atoms with E-state index in [9.17, 15) is 4.79 Å². The smallest absolute Gasteiger partial charge is 0.274 e. The fraction of sp³-hybridized carbons (Fsp3) is 0.444. The zero-order valence-corrected chi connectivity index (χ0v) is 15.1. The fourth-order valence-corrected chi connectivity index (χ4v) is 3.95. The first kappa shape index (κ1) is 15.8. The van der Waals surface area contributed by atoms with E-state index in [1.807, 2.05) is 33.8 Å². The SMILES string of the molecule is N[C@@H]1CCN(C(=O)c2nn(-c3ccc(Br)cc3)c3c2CCCC3)C1. The first-order valence-corrected chi connectivity index (χ1v) is 9.34. The number of likely N-dealkylation sites (tertiary alicyclic amines) is 1. The van der Waals surface area contributed by atoms with Crippen molar-refractivity contribution in [3.8, 4) is 5.69 Å². The molecule has 1 saturated heterocycles. The van der Waals surface area contributed by atoms with Crippen molar-refractivity contribution in [1.82, 2.24) is 14.7 Å². The summed E-state index contributed by atoms with van der Waals surface area (Å²) in [5.41, 5.74) is 9.92. The van der Waals surface area contributed by atoms with Crippen LogP contribution in [0.15, 0.2) is 28.7 Å². The van der Waals surface area contributed by atoms with Gasteiger partial charge in [-0.2, -0.15) is 5.10 Å². The van der Waals surface area contributed by atoms with Crippen LogP contribution in [0.1, 0.15) is 41.0 Å². The minimum Gasteiger partial charge on any atom is -0.336 e. The van der Waals surface area contributed by atoms with Gasteiger partial charge in [-0.1, -0.05) is 15.9 Å². The highest BCUT2D eigenvalue weighted by Crippen LogP contribution is 2.28. The summed E-state index contributed by atoms with van der Waals surface area (Å²) in [5, 5.41) is 4.73. The van der Waals surface area contributed by atoms with Gasteiger partial charge in [0.25, 0.3) is 5.91 Å². The number of hydrogen-bond donors (Lipinski definition) is 1. The number of nitrogens with two attached hydrogens (primary N) is 1. The molecule has 2 N–H and O–H groups in total. The lowest BCUT2D eigenvalue weighted by Crippen LogP contribution is -2.32. The van der Waals surface area contributed by atoms with Crippen molar-refractivity contribution in [2.45, 2.75) is 38.1 Å². The van der Waals surface area contributed by atoms with Crippen molar-refractivity contribution in [3.63, 3.8) is 0 Å². The molecule has 1 atom stereocenters. The number of fused-ring (bicyclic) bond motifs is 1. The molecule has 5 nitrogen and oxygen atoms in total. The summed E-state index contributed by atoms with van der Waals surface area (Å²) in [6.45, 7) is 1.37. The zero-order valence-electron chi connectivity index (χ0n) is 13.5. The molecule has 4 rings (SSSR count). The van der Waals surface area contributed by atoms with Crippen LogP contribution in [0.2, 0.25) is 0 Å². The summed E-state index contributed by atoms with van der Waals surface area (Å²) < 4.78 is 3.00. The van der Waals surface area contributed by atoms with Crippen LogP contribution in [-0.4, -0.2) is 39.7 Å². The van der Waals surface area contributed by atoms with Crippen LogP contribution in [0.3, 0.4) is 0 Å². The maximum absolute atomic E-state index is 13.0. The van der Waals surface area contributed by atoms with E-state index >= 15 is 0 Å². The number of hydrogen-bond acceptors (Lipinski definition) is 3. The first-order valence-electron chi connectivity index (χ1n) is 8.55. The van der Waals surface area contributed by atoms with Gasteiger partial charge < -0.3 is 10.6 Å². The Morgan fingerprint density at radius 1 is 1.21 bits per heavy atom. The minimum absolute atomic E-state index is 0.0389. The van der Waals surface area contributed by atoms with Crippen LogP contribution >= 0.6 is 15.9 Å². The molecule has 0 radical (unpaired) electrons. The lowest BCUT2D eigenvalue weighted by molar-refractivity contribution is 0.0783. The van der Waals surface area contributed by atoms with Crippen LogP contribution in [0, 0.1) is 0 Å². The van der Waals surface area contributed by atoms with Gasteiger partial charge in [0.2, 0.25) is 0 Å². The number of carbonyl (C=O) groups excluding carboxylic acids is 1. The van der Waals surface area contributed by atoms with Gasteiger partial charge in [0, 0.05) is 34.9 Å². The van der Waals surface area contributed by atoms with Crippen LogP contribution < -0.4 is 5.73 Å². The fourth-order valence-electron chi connectivity index (χ4n) is 3.69. The Kier molecular flexibility index (Phi) is 4.18. The van der Waals surface area contributed by atoms with E-state index in [1.165, 1.54) is 5.69 Å². The molecule has 6 heteroatoms. The molecular weight excluding hydrogens is 368 g/mol. The Morgan fingerprint density at radius 2 is 1.96 bits per heavy atom. The van der Waals surface area contributed by atoms with Crippen molar-refractivity contribution in [2.24, 2.45) is 5.73 Å². The number of aromatic nitrogens is 2. The molecule has 1 fully saturated rings. The molecule has 0 saturated carbocycles. The Balaban J connectivity index is 1.75. The van der Waals surface area contributed by atoms with Gasteiger partial charge in [0.15, 0.2) is 5.69 Å². The van der Waals surface area contributed by atoms with Crippen LogP contribution in [0.5, 0.6) is 0 Å². The van der Waals surface area contributed by atoms with Crippen molar-refractivity contribution in [3.05, 3.63) is 45.7 Å². The Labute approximate surface area is 149 Å². The lowest BCUT2D eigenvalue weighted by atomic mass is 9.95. The Hall–Kier alpha value is -1.66. The summed E-state index contributed by atoms with van der Waals surface area (Å²) >= 11 is 3.47. The van der Waals surface area contributed by atoms with Crippen molar-refractivity contribution < 1.29 is 4.79 Å². The van der Waals surface area contributed by atoms with E-state index in [-0.39, 0.29) is 11.9 Å². The van der Waals surface area contributed by atoms with E-state index in [1.54, 1.807) is 0 Å². The van der Waals surface area contributed by atoms with Crippen LogP contribution in [-0.2, 0) is 12.8 Å². The Morgan fingerprint density at radius 3 is 2.67 bits per heavy atom. The van der Waals surface area contributed by atoms with E-state index in [0.717, 1.165) is 54.4 Å². The summed E-state index contributed by atoms with van der Waals surface area (Å²) in [4.78, 5) is 14.8. The van der Waals surface area contributed by atoms with Crippen LogP contribution in [0.4, 0.5) is 0 Å². The molecule has 2 aromatic rings. The summed E-state index contributed by atoms with van der Waals surface area (Å²) in [6, 6.07) is 8.18. The molecule has 0 unspecified atom stereocenters. The predicted molar refractivity (Wildman–Crippen MR) is 96.4 cm³/mol. The van der Waals surface area contributed by atoms with Gasteiger partial charge in [-0.3, -0.25) is 4.79 Å². The van der Waals surface area contributed by atoms with E-state index in [4.69, 9.17) is 10.8 Å². The molecular formula is C18H21BrN4O. The number of amides is 1. The second-order valence-corrected chi connectivity index (χ2v) is 7.58. The first-order chi connectivity index (χ1) is 11.6. The van der Waals surface area contributed by atoms with Gasteiger partial charge in [0.05, 0.1) is 5.69 Å². The van der Waals surface area contributed by atoms with Gasteiger partial charge in [-0.15, -0.1) is 0 Å². The van der Waals surface area contributed by atoms with Crippen molar-refractivity contribution in [2.75, 3.05) is 13.1 Å². The normalized spacial score (nSPS) is 20.2. The van der Waals surface area contributed by atoms with Crippen molar-refractivity contribution in [1.29, 1.82) is 0 Å². The van der Waals surface area contributed by atoms with Gasteiger partial charge in [-0.05, 0) is 56.4 Å². The number of rotatable bonds is 2. The van der Waals surface area contributed by atoms with Gasteiger partial charge in [0.1, 0.15) is 0 Å². The molecule has 1 aromatic heterocycles. The minimum atomic E-state index is 0.0389. The van der Waals surface area contributed by atoms with Crippen molar-refractivity contribution >= 4 is 21.8 Å². The summed E-state index contributed by atoms with van der Waals surface area (Å²) in [5.74, 6) is 0.0389. The lowest BCUT2D eigenvalue weighted by Gasteiger charge is -2.17. The average molecular weight is 389 g/mol. The molecule has 1 aliphatic carbocycles. The van der Waals surface area contributed by atoms with Gasteiger partial charge >= 0.3 is 0 Å². The molecule has 126 valence electrons. The Bertz CT molecular complexity index is 768. The quantitative estimate of drug-likeness (QED) is 0.859. The molecule has 0 spiro atoms. The maximum atomic E-state index is 13.0. The highest BCUT2D eigenvalue weighted by Gasteiger charge is 2.31.